The van der Waals surface area contributed by atoms with E-state index in [4.69, 9.17) is 4.42 Å². The van der Waals surface area contributed by atoms with Crippen molar-refractivity contribution in [2.24, 2.45) is 0 Å². The Kier molecular flexibility index (Phi) is 2.00. The van der Waals surface area contributed by atoms with Crippen LogP contribution >= 0.6 is 0 Å². The average molecular weight is 189 g/mol. The molecule has 14 heavy (non-hydrogen) atoms. The molecule has 0 aliphatic rings. The summed E-state index contributed by atoms with van der Waals surface area (Å²) in [7, 11) is 1.58. The minimum Gasteiger partial charge on any atom is -0.451 e. The van der Waals surface area contributed by atoms with Crippen LogP contribution in [-0.4, -0.2) is 13.0 Å². The molecule has 3 heteroatoms. The fourth-order valence-corrected chi connectivity index (χ4v) is 1.40. The summed E-state index contributed by atoms with van der Waals surface area (Å²) in [6, 6.07) is 7.57. The Bertz CT molecular complexity index is 485. The summed E-state index contributed by atoms with van der Waals surface area (Å²) in [4.78, 5) is 11.3. The number of carbonyl (C=O) groups excluding carboxylic acids is 1. The molecule has 0 saturated carbocycles. The lowest BCUT2D eigenvalue weighted by Gasteiger charge is -1.91. The predicted molar refractivity (Wildman–Crippen MR) is 54.3 cm³/mol. The molecule has 72 valence electrons. The number of fused-ring (bicyclic) bond motifs is 1. The molecule has 1 aromatic heterocycles. The van der Waals surface area contributed by atoms with Crippen LogP contribution in [0.15, 0.2) is 28.7 Å². The Labute approximate surface area is 81.7 Å². The van der Waals surface area contributed by atoms with Crippen LogP contribution < -0.4 is 5.32 Å². The zero-order chi connectivity index (χ0) is 10.1. The molecule has 0 atom stereocenters. The molecule has 0 unspecified atom stereocenters. The average Bonchev–Trinajstić information content (AvgIpc) is 2.59. The van der Waals surface area contributed by atoms with Crippen LogP contribution in [-0.2, 0) is 0 Å². The van der Waals surface area contributed by atoms with Crippen LogP contribution in [0.3, 0.4) is 0 Å². The number of furan rings is 1. The van der Waals surface area contributed by atoms with Gasteiger partial charge in [0, 0.05) is 12.4 Å². The lowest BCUT2D eigenvalue weighted by Crippen LogP contribution is -2.16. The fourth-order valence-electron chi connectivity index (χ4n) is 1.40. The third-order valence-corrected chi connectivity index (χ3v) is 2.12. The zero-order valence-corrected chi connectivity index (χ0v) is 8.13. The van der Waals surface area contributed by atoms with Gasteiger partial charge in [-0.3, -0.25) is 4.79 Å². The maximum Gasteiger partial charge on any atom is 0.286 e. The Morgan fingerprint density at radius 2 is 2.14 bits per heavy atom. The van der Waals surface area contributed by atoms with Gasteiger partial charge in [-0.05, 0) is 25.1 Å². The van der Waals surface area contributed by atoms with Crippen molar-refractivity contribution < 1.29 is 9.21 Å². The maximum atomic E-state index is 11.3. The first-order chi connectivity index (χ1) is 6.70. The number of hydrogen-bond donors (Lipinski definition) is 1. The van der Waals surface area contributed by atoms with Crippen LogP contribution in [0.5, 0.6) is 0 Å². The van der Waals surface area contributed by atoms with Crippen molar-refractivity contribution in [3.05, 3.63) is 35.6 Å². The number of rotatable bonds is 1. The van der Waals surface area contributed by atoms with Gasteiger partial charge < -0.3 is 9.73 Å². The highest BCUT2D eigenvalue weighted by molar-refractivity contribution is 5.95. The van der Waals surface area contributed by atoms with Gasteiger partial charge in [0.15, 0.2) is 5.76 Å². The van der Waals surface area contributed by atoms with Gasteiger partial charge in [-0.25, -0.2) is 0 Å². The first kappa shape index (κ1) is 8.81. The first-order valence-electron chi connectivity index (χ1n) is 4.43. The predicted octanol–water partition coefficient (Wildman–Crippen LogP) is 2.10. The van der Waals surface area contributed by atoms with Gasteiger partial charge in [0.2, 0.25) is 0 Å². The van der Waals surface area contributed by atoms with E-state index in [2.05, 4.69) is 5.32 Å². The normalized spacial score (nSPS) is 10.4. The van der Waals surface area contributed by atoms with Crippen LogP contribution in [0.2, 0.25) is 0 Å². The van der Waals surface area contributed by atoms with Gasteiger partial charge in [0.25, 0.3) is 5.91 Å². The molecule has 1 N–H and O–H groups in total. The Hall–Kier alpha value is -1.77. The van der Waals surface area contributed by atoms with Gasteiger partial charge in [0.05, 0.1) is 0 Å². The molecule has 0 fully saturated rings. The lowest BCUT2D eigenvalue weighted by molar-refractivity contribution is 0.0938. The van der Waals surface area contributed by atoms with E-state index in [1.165, 1.54) is 0 Å². The smallest absolute Gasteiger partial charge is 0.286 e. The molecular weight excluding hydrogens is 178 g/mol. The first-order valence-corrected chi connectivity index (χ1v) is 4.43. The summed E-state index contributed by atoms with van der Waals surface area (Å²) in [5, 5.41) is 3.49. The van der Waals surface area contributed by atoms with E-state index in [1.807, 2.05) is 25.1 Å². The Balaban J connectivity index is 2.56. The van der Waals surface area contributed by atoms with E-state index in [0.717, 1.165) is 16.5 Å². The highest BCUT2D eigenvalue weighted by Crippen LogP contribution is 2.20. The van der Waals surface area contributed by atoms with Crippen LogP contribution in [0.1, 0.15) is 16.1 Å². The summed E-state index contributed by atoms with van der Waals surface area (Å²) in [6.07, 6.45) is 0. The third-order valence-electron chi connectivity index (χ3n) is 2.12. The van der Waals surface area contributed by atoms with Crippen molar-refractivity contribution in [1.82, 2.24) is 5.32 Å². The van der Waals surface area contributed by atoms with Crippen molar-refractivity contribution in [1.29, 1.82) is 0 Å². The molecular formula is C11H11NO2. The number of amides is 1. The number of carbonyl (C=O) groups is 1. The Morgan fingerprint density at radius 3 is 2.86 bits per heavy atom. The Morgan fingerprint density at radius 1 is 1.36 bits per heavy atom. The molecule has 2 aromatic rings. The van der Waals surface area contributed by atoms with E-state index < -0.39 is 0 Å². The zero-order valence-electron chi connectivity index (χ0n) is 8.13. The molecule has 0 bridgehead atoms. The molecule has 0 spiro atoms. The molecule has 0 aliphatic carbocycles. The lowest BCUT2D eigenvalue weighted by atomic mass is 10.2. The second kappa shape index (κ2) is 3.18. The van der Waals surface area contributed by atoms with E-state index in [0.29, 0.717) is 5.76 Å². The van der Waals surface area contributed by atoms with Crippen LogP contribution in [0, 0.1) is 6.92 Å². The van der Waals surface area contributed by atoms with Crippen molar-refractivity contribution in [2.75, 3.05) is 7.05 Å². The van der Waals surface area contributed by atoms with Gasteiger partial charge in [-0.1, -0.05) is 11.6 Å². The number of benzene rings is 1. The molecule has 1 heterocycles. The van der Waals surface area contributed by atoms with Crippen molar-refractivity contribution in [3.63, 3.8) is 0 Å². The largest absolute Gasteiger partial charge is 0.451 e. The minimum atomic E-state index is -0.196. The monoisotopic (exact) mass is 189 g/mol. The van der Waals surface area contributed by atoms with Crippen molar-refractivity contribution in [3.8, 4) is 0 Å². The molecule has 3 nitrogen and oxygen atoms in total. The molecule has 0 saturated heterocycles. The second-order valence-electron chi connectivity index (χ2n) is 3.23. The quantitative estimate of drug-likeness (QED) is 0.746. The molecule has 0 radical (unpaired) electrons. The molecule has 1 amide bonds. The van der Waals surface area contributed by atoms with E-state index >= 15 is 0 Å². The highest BCUT2D eigenvalue weighted by atomic mass is 16.3. The fraction of sp³-hybridized carbons (Fsp3) is 0.182. The van der Waals surface area contributed by atoms with Crippen LogP contribution in [0.4, 0.5) is 0 Å². The molecule has 0 aliphatic heterocycles. The molecule has 2 rings (SSSR count). The van der Waals surface area contributed by atoms with Gasteiger partial charge in [-0.2, -0.15) is 0 Å². The number of aryl methyl sites for hydroxylation is 1. The van der Waals surface area contributed by atoms with Gasteiger partial charge >= 0.3 is 0 Å². The standard InChI is InChI=1S/C11H11NO2/c1-7-3-4-9-8(5-7)6-10(14-9)11(13)12-2/h3-6H,1-2H3,(H,12,13). The van der Waals surface area contributed by atoms with Crippen molar-refractivity contribution >= 4 is 16.9 Å². The second-order valence-corrected chi connectivity index (χ2v) is 3.23. The number of hydrogen-bond acceptors (Lipinski definition) is 2. The van der Waals surface area contributed by atoms with E-state index in [1.54, 1.807) is 13.1 Å². The topological polar surface area (TPSA) is 42.2 Å². The maximum absolute atomic E-state index is 11.3. The van der Waals surface area contributed by atoms with E-state index in [-0.39, 0.29) is 5.91 Å². The van der Waals surface area contributed by atoms with Gasteiger partial charge in [0.1, 0.15) is 5.58 Å². The summed E-state index contributed by atoms with van der Waals surface area (Å²) in [5.41, 5.74) is 1.90. The summed E-state index contributed by atoms with van der Waals surface area (Å²) in [5.74, 6) is 0.159. The SMILES string of the molecule is CNC(=O)c1cc2cc(C)ccc2o1. The van der Waals surface area contributed by atoms with Crippen molar-refractivity contribution in [2.45, 2.75) is 6.92 Å². The summed E-state index contributed by atoms with van der Waals surface area (Å²) < 4.78 is 5.36. The van der Waals surface area contributed by atoms with Crippen LogP contribution in [0.25, 0.3) is 11.0 Å². The van der Waals surface area contributed by atoms with E-state index in [9.17, 15) is 4.79 Å². The summed E-state index contributed by atoms with van der Waals surface area (Å²) >= 11 is 0. The minimum absolute atomic E-state index is 0.196. The molecule has 1 aromatic carbocycles. The number of nitrogens with one attached hydrogen (secondary N) is 1. The summed E-state index contributed by atoms with van der Waals surface area (Å²) in [6.45, 7) is 2.01. The van der Waals surface area contributed by atoms with Gasteiger partial charge in [-0.15, -0.1) is 0 Å². The highest BCUT2D eigenvalue weighted by Gasteiger charge is 2.09. The third kappa shape index (κ3) is 1.37.